The van der Waals surface area contributed by atoms with E-state index in [1.165, 1.54) is 28.3 Å². The average Bonchev–Trinajstić information content (AvgIpc) is 3.15. The van der Waals surface area contributed by atoms with Crippen molar-refractivity contribution in [3.8, 4) is 0 Å². The number of thiophene rings is 1. The molecule has 0 amide bonds. The van der Waals surface area contributed by atoms with E-state index in [2.05, 4.69) is 17.0 Å². The number of β-amino-alcohol motifs (C(OH)–C–C–N with tert-alkyl or cyclic N) is 1. The van der Waals surface area contributed by atoms with E-state index in [1.807, 2.05) is 6.07 Å². The van der Waals surface area contributed by atoms with Crippen molar-refractivity contribution in [3.63, 3.8) is 0 Å². The number of sulfonamides is 1. The first-order valence-corrected chi connectivity index (χ1v) is 12.3. The number of hydrogen-bond acceptors (Lipinski definition) is 5. The summed E-state index contributed by atoms with van der Waals surface area (Å²) >= 11 is 6.98. The summed E-state index contributed by atoms with van der Waals surface area (Å²) in [4.78, 5) is 2.14. The molecule has 8 heteroatoms. The van der Waals surface area contributed by atoms with Crippen LogP contribution in [0.2, 0.25) is 4.34 Å². The molecular formula is C20H25ClN2O3S2. The Morgan fingerprint density at radius 2 is 1.75 bits per heavy atom. The highest BCUT2D eigenvalue weighted by molar-refractivity contribution is 7.91. The summed E-state index contributed by atoms with van der Waals surface area (Å²) in [6.45, 7) is 2.60. The first kappa shape index (κ1) is 20.3. The number of piperazine rings is 1. The van der Waals surface area contributed by atoms with Crippen molar-refractivity contribution < 1.29 is 13.5 Å². The van der Waals surface area contributed by atoms with Gasteiger partial charge >= 0.3 is 0 Å². The highest BCUT2D eigenvalue weighted by Gasteiger charge is 2.30. The van der Waals surface area contributed by atoms with Crippen LogP contribution < -0.4 is 0 Å². The van der Waals surface area contributed by atoms with Gasteiger partial charge in [-0.2, -0.15) is 4.31 Å². The lowest BCUT2D eigenvalue weighted by atomic mass is 9.89. The lowest BCUT2D eigenvalue weighted by molar-refractivity contribution is 0.0921. The molecule has 0 radical (unpaired) electrons. The number of aliphatic hydroxyl groups is 1. The number of fused-ring (bicyclic) bond motifs is 1. The molecule has 1 fully saturated rings. The van der Waals surface area contributed by atoms with Gasteiger partial charge in [0.25, 0.3) is 10.0 Å². The second-order valence-corrected chi connectivity index (χ2v) is 11.4. The summed E-state index contributed by atoms with van der Waals surface area (Å²) < 4.78 is 27.7. The fourth-order valence-corrected chi connectivity index (χ4v) is 7.09. The van der Waals surface area contributed by atoms with Crippen molar-refractivity contribution in [1.82, 2.24) is 9.21 Å². The molecule has 152 valence electrons. The molecule has 1 aromatic heterocycles. The van der Waals surface area contributed by atoms with E-state index in [9.17, 15) is 13.5 Å². The summed E-state index contributed by atoms with van der Waals surface area (Å²) in [6, 6.07) is 9.53. The van der Waals surface area contributed by atoms with Gasteiger partial charge in [-0.25, -0.2) is 8.42 Å². The maximum absolute atomic E-state index is 12.7. The van der Waals surface area contributed by atoms with Gasteiger partial charge in [0.15, 0.2) is 0 Å². The van der Waals surface area contributed by atoms with Crippen LogP contribution in [0.5, 0.6) is 0 Å². The lowest BCUT2D eigenvalue weighted by Crippen LogP contribution is -2.49. The van der Waals surface area contributed by atoms with Gasteiger partial charge in [0.1, 0.15) is 4.21 Å². The number of nitrogens with zero attached hydrogens (tertiary/aromatic N) is 2. The molecular weight excluding hydrogens is 416 g/mol. The van der Waals surface area contributed by atoms with Crippen molar-refractivity contribution >= 4 is 33.0 Å². The Bertz CT molecular complexity index is 937. The molecule has 1 unspecified atom stereocenters. The van der Waals surface area contributed by atoms with Gasteiger partial charge in [-0.15, -0.1) is 11.3 Å². The minimum Gasteiger partial charge on any atom is -0.387 e. The molecule has 2 aromatic rings. The SMILES string of the molecule is O=S(=O)(c1ccc(Cl)s1)N1CCN(CC(O)c2ccc3c(c2)CCCC3)CC1. The quantitative estimate of drug-likeness (QED) is 0.774. The Kier molecular flexibility index (Phi) is 6.11. The van der Waals surface area contributed by atoms with E-state index in [1.54, 1.807) is 12.1 Å². The standard InChI is InChI=1S/C20H25ClN2O3S2/c21-19-7-8-20(27-19)28(25,26)23-11-9-22(10-12-23)14-18(24)17-6-5-15-3-1-2-4-16(15)13-17/h5-8,13,18,24H,1-4,9-12,14H2. The Morgan fingerprint density at radius 3 is 2.43 bits per heavy atom. The van der Waals surface area contributed by atoms with Crippen LogP contribution in [0.25, 0.3) is 0 Å². The van der Waals surface area contributed by atoms with Gasteiger partial charge in [0.05, 0.1) is 10.4 Å². The monoisotopic (exact) mass is 440 g/mol. The van der Waals surface area contributed by atoms with Crippen molar-refractivity contribution in [3.05, 3.63) is 51.4 Å². The third-order valence-corrected chi connectivity index (χ3v) is 9.26. The highest BCUT2D eigenvalue weighted by Crippen LogP contribution is 2.29. The Morgan fingerprint density at radius 1 is 1.04 bits per heavy atom. The zero-order valence-electron chi connectivity index (χ0n) is 15.7. The van der Waals surface area contributed by atoms with Crippen LogP contribution in [-0.4, -0.2) is 55.5 Å². The Labute approximate surface area is 175 Å². The summed E-state index contributed by atoms with van der Waals surface area (Å²) in [5.74, 6) is 0. The van der Waals surface area contributed by atoms with Crippen LogP contribution in [0.4, 0.5) is 0 Å². The zero-order valence-corrected chi connectivity index (χ0v) is 18.1. The number of halogens is 1. The predicted octanol–water partition coefficient (Wildman–Crippen LogP) is 3.32. The summed E-state index contributed by atoms with van der Waals surface area (Å²) in [5, 5.41) is 10.7. The minimum atomic E-state index is -3.48. The maximum atomic E-state index is 12.7. The molecule has 0 bridgehead atoms. The summed E-state index contributed by atoms with van der Waals surface area (Å²) in [7, 11) is -3.48. The van der Waals surface area contributed by atoms with Crippen LogP contribution in [0.1, 0.15) is 35.6 Å². The fourth-order valence-electron chi connectivity index (χ4n) is 4.03. The van der Waals surface area contributed by atoms with Crippen molar-refractivity contribution in [2.24, 2.45) is 0 Å². The molecule has 1 aliphatic heterocycles. The van der Waals surface area contributed by atoms with Crippen molar-refractivity contribution in [2.75, 3.05) is 32.7 Å². The number of rotatable bonds is 5. The first-order chi connectivity index (χ1) is 13.4. The Hall–Kier alpha value is -0.960. The molecule has 0 saturated carbocycles. The largest absolute Gasteiger partial charge is 0.387 e. The van der Waals surface area contributed by atoms with Crippen LogP contribution >= 0.6 is 22.9 Å². The van der Waals surface area contributed by atoms with Gasteiger partial charge in [-0.05, 0) is 54.5 Å². The summed E-state index contributed by atoms with van der Waals surface area (Å²) in [6.07, 6.45) is 4.15. The maximum Gasteiger partial charge on any atom is 0.252 e. The van der Waals surface area contributed by atoms with Gasteiger partial charge in [-0.1, -0.05) is 29.8 Å². The van der Waals surface area contributed by atoms with E-state index in [-0.39, 0.29) is 0 Å². The van der Waals surface area contributed by atoms with E-state index in [0.29, 0.717) is 41.3 Å². The first-order valence-electron chi connectivity index (χ1n) is 9.71. The van der Waals surface area contributed by atoms with E-state index in [4.69, 9.17) is 11.6 Å². The smallest absolute Gasteiger partial charge is 0.252 e. The normalized spacial score (nSPS) is 20.1. The summed E-state index contributed by atoms with van der Waals surface area (Å²) in [5.41, 5.74) is 3.74. The second kappa shape index (κ2) is 8.42. The van der Waals surface area contributed by atoms with Crippen LogP contribution in [-0.2, 0) is 22.9 Å². The lowest BCUT2D eigenvalue weighted by Gasteiger charge is -2.34. The number of hydrogen-bond donors (Lipinski definition) is 1. The number of benzene rings is 1. The zero-order chi connectivity index (χ0) is 19.7. The third-order valence-electron chi connectivity index (χ3n) is 5.66. The molecule has 1 aromatic carbocycles. The average molecular weight is 441 g/mol. The van der Waals surface area contributed by atoms with Crippen LogP contribution in [0, 0.1) is 0 Å². The van der Waals surface area contributed by atoms with Crippen LogP contribution in [0.3, 0.4) is 0 Å². The molecule has 1 atom stereocenters. The molecule has 5 nitrogen and oxygen atoms in total. The molecule has 28 heavy (non-hydrogen) atoms. The third kappa shape index (κ3) is 4.30. The van der Waals surface area contributed by atoms with E-state index >= 15 is 0 Å². The van der Waals surface area contributed by atoms with Gasteiger partial charge in [0, 0.05) is 32.7 Å². The molecule has 2 heterocycles. The fraction of sp³-hybridized carbons (Fsp3) is 0.500. The highest BCUT2D eigenvalue weighted by atomic mass is 35.5. The topological polar surface area (TPSA) is 60.9 Å². The van der Waals surface area contributed by atoms with Crippen molar-refractivity contribution in [1.29, 1.82) is 0 Å². The van der Waals surface area contributed by atoms with Gasteiger partial charge in [0.2, 0.25) is 0 Å². The molecule has 2 aliphatic rings. The second-order valence-electron chi connectivity index (χ2n) is 7.51. The molecule has 4 rings (SSSR count). The molecule has 1 saturated heterocycles. The van der Waals surface area contributed by atoms with Crippen LogP contribution in [0.15, 0.2) is 34.5 Å². The predicted molar refractivity (Wildman–Crippen MR) is 113 cm³/mol. The van der Waals surface area contributed by atoms with Gasteiger partial charge in [-0.3, -0.25) is 4.90 Å². The number of aryl methyl sites for hydroxylation is 2. The molecule has 1 N–H and O–H groups in total. The van der Waals surface area contributed by atoms with E-state index < -0.39 is 16.1 Å². The minimum absolute atomic E-state index is 0.292. The molecule has 1 aliphatic carbocycles. The van der Waals surface area contributed by atoms with Crippen molar-refractivity contribution in [2.45, 2.75) is 36.0 Å². The Balaban J connectivity index is 1.35. The van der Waals surface area contributed by atoms with Gasteiger partial charge < -0.3 is 5.11 Å². The number of aliphatic hydroxyl groups excluding tert-OH is 1. The molecule has 0 spiro atoms. The van der Waals surface area contributed by atoms with E-state index in [0.717, 1.165) is 29.7 Å².